The van der Waals surface area contributed by atoms with Crippen molar-refractivity contribution < 1.29 is 23.4 Å². The van der Waals surface area contributed by atoms with Gasteiger partial charge in [0.05, 0.1) is 12.0 Å². The molecule has 1 aliphatic carbocycles. The topological polar surface area (TPSA) is 107 Å². The van der Waals surface area contributed by atoms with Crippen LogP contribution in [0.2, 0.25) is 0 Å². The Morgan fingerprint density at radius 2 is 1.95 bits per heavy atom. The smallest absolute Gasteiger partial charge is 0.304 e. The van der Waals surface area contributed by atoms with Crippen LogP contribution in [-0.4, -0.2) is 54.6 Å². The molecule has 3 N–H and O–H groups in total. The molecule has 1 fully saturated rings. The van der Waals surface area contributed by atoms with Crippen LogP contribution in [-0.2, 0) is 15.0 Å². The van der Waals surface area contributed by atoms with E-state index in [0.29, 0.717) is 18.8 Å². The Bertz CT molecular complexity index is 429. The van der Waals surface area contributed by atoms with E-state index in [2.05, 4.69) is 11.6 Å². The quantitative estimate of drug-likeness (QED) is 0.621. The predicted octanol–water partition coefficient (Wildman–Crippen LogP) is 0.169. The molecule has 0 aromatic heterocycles. The van der Waals surface area contributed by atoms with E-state index in [0.717, 1.165) is 17.1 Å². The fourth-order valence-electron chi connectivity index (χ4n) is 2.19. The Hall–Kier alpha value is -0.700. The van der Waals surface area contributed by atoms with E-state index in [1.54, 1.807) is 0 Å². The molecule has 1 saturated carbocycles. The number of aliphatic hydroxyl groups is 1. The zero-order valence-electron chi connectivity index (χ0n) is 12.0. The summed E-state index contributed by atoms with van der Waals surface area (Å²) in [4.78, 5) is 10.4. The van der Waals surface area contributed by atoms with Crippen molar-refractivity contribution >= 4 is 16.2 Å². The molecule has 0 bridgehead atoms. The van der Waals surface area contributed by atoms with Crippen LogP contribution in [0, 0.1) is 5.92 Å². The van der Waals surface area contributed by atoms with Crippen molar-refractivity contribution in [2.24, 2.45) is 5.92 Å². The van der Waals surface area contributed by atoms with Gasteiger partial charge < -0.3 is 10.2 Å². The Morgan fingerprint density at radius 3 is 2.45 bits per heavy atom. The van der Waals surface area contributed by atoms with Crippen molar-refractivity contribution in [1.82, 2.24) is 9.03 Å². The molecule has 1 aliphatic rings. The third kappa shape index (κ3) is 5.35. The molecule has 0 radical (unpaired) electrons. The molecular formula is C12H24N2O5S. The van der Waals surface area contributed by atoms with E-state index in [9.17, 15) is 18.3 Å². The van der Waals surface area contributed by atoms with Crippen LogP contribution < -0.4 is 4.72 Å². The fraction of sp³-hybridized carbons (Fsp3) is 0.917. The molecule has 0 unspecified atom stereocenters. The third-order valence-electron chi connectivity index (χ3n) is 3.84. The Balaban J connectivity index is 2.48. The predicted molar refractivity (Wildman–Crippen MR) is 74.4 cm³/mol. The molecule has 0 aliphatic heterocycles. The van der Waals surface area contributed by atoms with Gasteiger partial charge in [-0.1, -0.05) is 6.92 Å². The second kappa shape index (κ2) is 6.84. The molecule has 0 saturated heterocycles. The highest BCUT2D eigenvalue weighted by atomic mass is 32.2. The third-order valence-corrected chi connectivity index (χ3v) is 5.35. The molecule has 7 nitrogen and oxygen atoms in total. The molecule has 20 heavy (non-hydrogen) atoms. The number of carboxylic acids is 1. The molecule has 0 aromatic carbocycles. The zero-order valence-corrected chi connectivity index (χ0v) is 12.8. The molecule has 0 aromatic rings. The highest BCUT2D eigenvalue weighted by molar-refractivity contribution is 7.87. The van der Waals surface area contributed by atoms with Crippen molar-refractivity contribution in [1.29, 1.82) is 0 Å². The summed E-state index contributed by atoms with van der Waals surface area (Å²) >= 11 is 0. The number of aliphatic carboxylic acids is 1. The van der Waals surface area contributed by atoms with Crippen molar-refractivity contribution in [3.8, 4) is 0 Å². The first-order valence-corrected chi connectivity index (χ1v) is 8.24. The number of nitrogens with one attached hydrogen (secondary N) is 1. The van der Waals surface area contributed by atoms with Gasteiger partial charge in [-0.05, 0) is 31.6 Å². The average molecular weight is 308 g/mol. The number of carboxylic acid groups (broad SMARTS) is 1. The summed E-state index contributed by atoms with van der Waals surface area (Å²) in [7, 11) is -2.43. The zero-order chi connectivity index (χ0) is 15.4. The van der Waals surface area contributed by atoms with E-state index in [1.807, 2.05) is 0 Å². The van der Waals surface area contributed by atoms with Crippen molar-refractivity contribution in [3.63, 3.8) is 0 Å². The standard InChI is InChI=1S/C12H24N2O5S/c1-10-3-6-12(17,7-4-10)9-13-20(18,19)14(2)8-5-11(15)16/h10,13,17H,3-9H2,1-2H3,(H,15,16). The summed E-state index contributed by atoms with van der Waals surface area (Å²) in [5, 5.41) is 18.9. The van der Waals surface area contributed by atoms with Gasteiger partial charge in [0, 0.05) is 20.1 Å². The van der Waals surface area contributed by atoms with Crippen molar-refractivity contribution in [2.45, 2.75) is 44.6 Å². The highest BCUT2D eigenvalue weighted by Crippen LogP contribution is 2.31. The first-order chi connectivity index (χ1) is 9.15. The SMILES string of the molecule is CC1CCC(O)(CNS(=O)(=O)N(C)CCC(=O)O)CC1. The van der Waals surface area contributed by atoms with Gasteiger partial charge in [0.2, 0.25) is 0 Å². The van der Waals surface area contributed by atoms with Gasteiger partial charge in [0.25, 0.3) is 10.2 Å². The van der Waals surface area contributed by atoms with Crippen LogP contribution in [0.25, 0.3) is 0 Å². The number of nitrogens with zero attached hydrogens (tertiary/aromatic N) is 1. The summed E-state index contributed by atoms with van der Waals surface area (Å²) in [5.74, 6) is -0.489. The lowest BCUT2D eigenvalue weighted by atomic mass is 9.80. The van der Waals surface area contributed by atoms with Crippen LogP contribution in [0.3, 0.4) is 0 Å². The number of carbonyl (C=O) groups is 1. The second-order valence-corrected chi connectivity index (χ2v) is 7.56. The first kappa shape index (κ1) is 17.4. The molecule has 0 spiro atoms. The number of hydrogen-bond donors (Lipinski definition) is 3. The number of hydrogen-bond acceptors (Lipinski definition) is 4. The molecule has 1 rings (SSSR count). The van der Waals surface area contributed by atoms with Crippen molar-refractivity contribution in [2.75, 3.05) is 20.1 Å². The highest BCUT2D eigenvalue weighted by Gasteiger charge is 2.33. The molecule has 8 heteroatoms. The largest absolute Gasteiger partial charge is 0.481 e. The first-order valence-electron chi connectivity index (χ1n) is 6.80. The molecule has 0 heterocycles. The van der Waals surface area contributed by atoms with E-state index < -0.39 is 21.8 Å². The van der Waals surface area contributed by atoms with Gasteiger partial charge in [0.1, 0.15) is 0 Å². The molecular weight excluding hydrogens is 284 g/mol. The van der Waals surface area contributed by atoms with Crippen LogP contribution in [0.4, 0.5) is 0 Å². The summed E-state index contributed by atoms with van der Waals surface area (Å²) in [6.45, 7) is 1.99. The summed E-state index contributed by atoms with van der Waals surface area (Å²) in [6.07, 6.45) is 2.67. The Morgan fingerprint density at radius 1 is 1.40 bits per heavy atom. The lowest BCUT2D eigenvalue weighted by Gasteiger charge is -2.35. The fourth-order valence-corrected chi connectivity index (χ4v) is 3.19. The van der Waals surface area contributed by atoms with Gasteiger partial charge in [-0.3, -0.25) is 4.79 Å². The summed E-state index contributed by atoms with van der Waals surface area (Å²) in [6, 6.07) is 0. The van der Waals surface area contributed by atoms with Gasteiger partial charge >= 0.3 is 5.97 Å². The second-order valence-electron chi connectivity index (χ2n) is 5.70. The van der Waals surface area contributed by atoms with Crippen LogP contribution in [0.1, 0.15) is 39.0 Å². The van der Waals surface area contributed by atoms with Crippen molar-refractivity contribution in [3.05, 3.63) is 0 Å². The minimum Gasteiger partial charge on any atom is -0.481 e. The maximum absolute atomic E-state index is 11.9. The summed E-state index contributed by atoms with van der Waals surface area (Å²) < 4.78 is 27.1. The van der Waals surface area contributed by atoms with Gasteiger partial charge in [-0.25, -0.2) is 0 Å². The Kier molecular flexibility index (Phi) is 5.93. The van der Waals surface area contributed by atoms with E-state index >= 15 is 0 Å². The summed E-state index contributed by atoms with van der Waals surface area (Å²) in [5.41, 5.74) is -0.993. The van der Waals surface area contributed by atoms with Crippen LogP contribution >= 0.6 is 0 Å². The molecule has 118 valence electrons. The van der Waals surface area contributed by atoms with Gasteiger partial charge in [-0.15, -0.1) is 0 Å². The van der Waals surface area contributed by atoms with E-state index in [-0.39, 0.29) is 19.5 Å². The normalized spacial score (nSPS) is 27.7. The monoisotopic (exact) mass is 308 g/mol. The van der Waals surface area contributed by atoms with Gasteiger partial charge in [-0.2, -0.15) is 17.4 Å². The maximum atomic E-state index is 11.9. The number of rotatable bonds is 7. The maximum Gasteiger partial charge on any atom is 0.304 e. The van der Waals surface area contributed by atoms with Gasteiger partial charge in [0.15, 0.2) is 0 Å². The molecule has 0 atom stereocenters. The lowest BCUT2D eigenvalue weighted by Crippen LogP contribution is -2.48. The average Bonchev–Trinajstić information content (AvgIpc) is 2.37. The van der Waals surface area contributed by atoms with E-state index in [1.165, 1.54) is 7.05 Å². The minimum absolute atomic E-state index is 0.0283. The van der Waals surface area contributed by atoms with E-state index in [4.69, 9.17) is 5.11 Å². The molecule has 0 amide bonds. The minimum atomic E-state index is -3.75. The van der Waals surface area contributed by atoms with Crippen LogP contribution in [0.15, 0.2) is 0 Å². The Labute approximate surface area is 120 Å². The lowest BCUT2D eigenvalue weighted by molar-refractivity contribution is -0.137. The van der Waals surface area contributed by atoms with Crippen LogP contribution in [0.5, 0.6) is 0 Å².